The molecule has 0 radical (unpaired) electrons. The SMILES string of the molecule is CC(C)c1nc2cc(Br)ccn2c1C(C)O. The van der Waals surface area contributed by atoms with E-state index in [0.717, 1.165) is 21.5 Å². The smallest absolute Gasteiger partial charge is 0.138 e. The van der Waals surface area contributed by atoms with Gasteiger partial charge in [0.2, 0.25) is 0 Å². The summed E-state index contributed by atoms with van der Waals surface area (Å²) in [4.78, 5) is 4.57. The molecule has 1 unspecified atom stereocenters. The lowest BCUT2D eigenvalue weighted by atomic mass is 10.1. The Labute approximate surface area is 103 Å². The lowest BCUT2D eigenvalue weighted by molar-refractivity contribution is 0.191. The largest absolute Gasteiger partial charge is 0.387 e. The van der Waals surface area contributed by atoms with Gasteiger partial charge in [0, 0.05) is 10.7 Å². The maximum absolute atomic E-state index is 9.84. The molecular weight excluding hydrogens is 268 g/mol. The average Bonchev–Trinajstić information content (AvgIpc) is 2.55. The van der Waals surface area contributed by atoms with E-state index in [1.54, 1.807) is 6.92 Å². The zero-order valence-electron chi connectivity index (χ0n) is 9.61. The van der Waals surface area contributed by atoms with Gasteiger partial charge in [-0.25, -0.2) is 4.98 Å². The van der Waals surface area contributed by atoms with Crippen molar-refractivity contribution in [2.24, 2.45) is 0 Å². The van der Waals surface area contributed by atoms with Crippen LogP contribution in [0.15, 0.2) is 22.8 Å². The maximum Gasteiger partial charge on any atom is 0.138 e. The van der Waals surface area contributed by atoms with E-state index in [4.69, 9.17) is 0 Å². The second-order valence-corrected chi connectivity index (χ2v) is 5.20. The molecule has 0 aliphatic rings. The van der Waals surface area contributed by atoms with Crippen LogP contribution in [0.1, 0.15) is 44.2 Å². The number of hydrogen-bond acceptors (Lipinski definition) is 2. The maximum atomic E-state index is 9.84. The van der Waals surface area contributed by atoms with Crippen LogP contribution in [-0.2, 0) is 0 Å². The van der Waals surface area contributed by atoms with Gasteiger partial charge in [0.15, 0.2) is 0 Å². The van der Waals surface area contributed by atoms with Gasteiger partial charge in [-0.3, -0.25) is 0 Å². The third-order valence-corrected chi connectivity index (χ3v) is 3.09. The van der Waals surface area contributed by atoms with E-state index in [2.05, 4.69) is 34.8 Å². The second kappa shape index (κ2) is 4.18. The molecule has 16 heavy (non-hydrogen) atoms. The van der Waals surface area contributed by atoms with Crippen LogP contribution >= 0.6 is 15.9 Å². The van der Waals surface area contributed by atoms with Crippen LogP contribution in [0.5, 0.6) is 0 Å². The Morgan fingerprint density at radius 1 is 1.38 bits per heavy atom. The molecule has 1 atom stereocenters. The molecule has 2 aromatic rings. The number of aliphatic hydroxyl groups is 1. The fraction of sp³-hybridized carbons (Fsp3) is 0.417. The van der Waals surface area contributed by atoms with Crippen molar-refractivity contribution in [2.75, 3.05) is 0 Å². The van der Waals surface area contributed by atoms with E-state index in [0.29, 0.717) is 5.92 Å². The zero-order valence-corrected chi connectivity index (χ0v) is 11.2. The Kier molecular flexibility index (Phi) is 3.04. The predicted octanol–water partition coefficient (Wildman–Crippen LogP) is 3.27. The number of halogens is 1. The molecule has 0 saturated carbocycles. The second-order valence-electron chi connectivity index (χ2n) is 4.29. The van der Waals surface area contributed by atoms with Gasteiger partial charge in [0.05, 0.1) is 17.5 Å². The molecule has 1 N–H and O–H groups in total. The summed E-state index contributed by atoms with van der Waals surface area (Å²) in [7, 11) is 0. The van der Waals surface area contributed by atoms with Gasteiger partial charge in [0.1, 0.15) is 5.65 Å². The van der Waals surface area contributed by atoms with E-state index < -0.39 is 6.10 Å². The summed E-state index contributed by atoms with van der Waals surface area (Å²) in [5.74, 6) is 0.309. The monoisotopic (exact) mass is 282 g/mol. The van der Waals surface area contributed by atoms with Crippen molar-refractivity contribution in [1.29, 1.82) is 0 Å². The van der Waals surface area contributed by atoms with Crippen molar-refractivity contribution in [3.8, 4) is 0 Å². The molecule has 0 aliphatic heterocycles. The quantitative estimate of drug-likeness (QED) is 0.918. The highest BCUT2D eigenvalue weighted by atomic mass is 79.9. The lowest BCUT2D eigenvalue weighted by Gasteiger charge is -2.09. The first-order valence-corrected chi connectivity index (χ1v) is 6.15. The minimum Gasteiger partial charge on any atom is -0.387 e. The molecule has 0 fully saturated rings. The van der Waals surface area contributed by atoms with Crippen LogP contribution < -0.4 is 0 Å². The van der Waals surface area contributed by atoms with Crippen LogP contribution in [0.3, 0.4) is 0 Å². The van der Waals surface area contributed by atoms with Crippen LogP contribution in [0.4, 0.5) is 0 Å². The Bertz CT molecular complexity index is 517. The number of imidazole rings is 1. The molecule has 3 nitrogen and oxygen atoms in total. The summed E-state index contributed by atoms with van der Waals surface area (Å²) in [5, 5.41) is 9.84. The fourth-order valence-electron chi connectivity index (χ4n) is 1.90. The number of rotatable bonds is 2. The van der Waals surface area contributed by atoms with Gasteiger partial charge in [0.25, 0.3) is 0 Å². The Balaban J connectivity index is 2.75. The standard InChI is InChI=1S/C12H15BrN2O/c1-7(2)11-12(8(3)16)15-5-4-9(13)6-10(15)14-11/h4-8,16H,1-3H3. The van der Waals surface area contributed by atoms with Crippen LogP contribution in [0, 0.1) is 0 Å². The molecular formula is C12H15BrN2O. The lowest BCUT2D eigenvalue weighted by Crippen LogP contribution is -2.02. The summed E-state index contributed by atoms with van der Waals surface area (Å²) in [6.45, 7) is 5.95. The summed E-state index contributed by atoms with van der Waals surface area (Å²) < 4.78 is 2.95. The predicted molar refractivity (Wildman–Crippen MR) is 67.6 cm³/mol. The van der Waals surface area contributed by atoms with Crippen molar-refractivity contribution in [1.82, 2.24) is 9.38 Å². The summed E-state index contributed by atoms with van der Waals surface area (Å²) in [6, 6.07) is 3.91. The summed E-state index contributed by atoms with van der Waals surface area (Å²) in [5.41, 5.74) is 2.72. The van der Waals surface area contributed by atoms with Gasteiger partial charge in [-0.1, -0.05) is 29.8 Å². The van der Waals surface area contributed by atoms with Crippen molar-refractivity contribution in [2.45, 2.75) is 32.8 Å². The van der Waals surface area contributed by atoms with Crippen molar-refractivity contribution in [3.63, 3.8) is 0 Å². The topological polar surface area (TPSA) is 37.5 Å². The molecule has 0 saturated heterocycles. The van der Waals surface area contributed by atoms with E-state index in [1.807, 2.05) is 22.7 Å². The first-order chi connectivity index (χ1) is 7.50. The fourth-order valence-corrected chi connectivity index (χ4v) is 2.22. The first kappa shape index (κ1) is 11.6. The highest BCUT2D eigenvalue weighted by Crippen LogP contribution is 2.26. The molecule has 86 valence electrons. The highest BCUT2D eigenvalue weighted by molar-refractivity contribution is 9.10. The molecule has 2 heterocycles. The molecule has 0 aromatic carbocycles. The van der Waals surface area contributed by atoms with Gasteiger partial charge >= 0.3 is 0 Å². The summed E-state index contributed by atoms with van der Waals surface area (Å²) >= 11 is 3.42. The molecule has 0 bridgehead atoms. The number of fused-ring (bicyclic) bond motifs is 1. The van der Waals surface area contributed by atoms with E-state index in [1.165, 1.54) is 0 Å². The van der Waals surface area contributed by atoms with Crippen LogP contribution in [0.25, 0.3) is 5.65 Å². The van der Waals surface area contributed by atoms with E-state index in [-0.39, 0.29) is 0 Å². The number of nitrogens with zero attached hydrogens (tertiary/aromatic N) is 2. The third kappa shape index (κ3) is 1.87. The van der Waals surface area contributed by atoms with E-state index in [9.17, 15) is 5.11 Å². The number of hydrogen-bond donors (Lipinski definition) is 1. The van der Waals surface area contributed by atoms with Gasteiger partial charge < -0.3 is 9.51 Å². The summed E-state index contributed by atoms with van der Waals surface area (Å²) in [6.07, 6.45) is 1.42. The number of aliphatic hydroxyl groups excluding tert-OH is 1. The normalized spacial score (nSPS) is 13.6. The molecule has 0 amide bonds. The third-order valence-electron chi connectivity index (χ3n) is 2.60. The van der Waals surface area contributed by atoms with Gasteiger partial charge in [-0.15, -0.1) is 0 Å². The Morgan fingerprint density at radius 2 is 2.06 bits per heavy atom. The minimum absolute atomic E-state index is 0.309. The number of pyridine rings is 1. The van der Waals surface area contributed by atoms with Crippen molar-refractivity contribution < 1.29 is 5.11 Å². The van der Waals surface area contributed by atoms with Crippen molar-refractivity contribution >= 4 is 21.6 Å². The molecule has 0 spiro atoms. The Morgan fingerprint density at radius 3 is 2.62 bits per heavy atom. The van der Waals surface area contributed by atoms with Gasteiger partial charge in [-0.05, 0) is 25.0 Å². The highest BCUT2D eigenvalue weighted by Gasteiger charge is 2.18. The zero-order chi connectivity index (χ0) is 11.9. The molecule has 0 aliphatic carbocycles. The minimum atomic E-state index is -0.506. The molecule has 2 aromatic heterocycles. The van der Waals surface area contributed by atoms with Crippen LogP contribution in [0.2, 0.25) is 0 Å². The van der Waals surface area contributed by atoms with Gasteiger partial charge in [-0.2, -0.15) is 0 Å². The first-order valence-electron chi connectivity index (χ1n) is 5.36. The Hall–Kier alpha value is -0.870. The molecule has 4 heteroatoms. The van der Waals surface area contributed by atoms with E-state index >= 15 is 0 Å². The average molecular weight is 283 g/mol. The number of aromatic nitrogens is 2. The van der Waals surface area contributed by atoms with Crippen molar-refractivity contribution in [3.05, 3.63) is 34.2 Å². The van der Waals surface area contributed by atoms with Crippen LogP contribution in [-0.4, -0.2) is 14.5 Å². The molecule has 2 rings (SSSR count).